The van der Waals surface area contributed by atoms with Crippen molar-refractivity contribution in [2.45, 2.75) is 6.18 Å². The molecule has 0 amide bonds. The maximum absolute atomic E-state index is 13.9. The lowest BCUT2D eigenvalue weighted by Crippen LogP contribution is -2.09. The lowest BCUT2D eigenvalue weighted by Gasteiger charge is -2.12. The van der Waals surface area contributed by atoms with Crippen molar-refractivity contribution in [2.24, 2.45) is 0 Å². The third kappa shape index (κ3) is 2.78. The summed E-state index contributed by atoms with van der Waals surface area (Å²) in [4.78, 5) is 0. The molecule has 0 atom stereocenters. The molecule has 0 unspecified atom stereocenters. The largest absolute Gasteiger partial charge is 0.494 e. The molecule has 0 saturated heterocycles. The van der Waals surface area contributed by atoms with Crippen molar-refractivity contribution in [2.75, 3.05) is 7.11 Å². The maximum atomic E-state index is 13.9. The van der Waals surface area contributed by atoms with Gasteiger partial charge in [0.15, 0.2) is 11.6 Å². The minimum Gasteiger partial charge on any atom is -0.494 e. The summed E-state index contributed by atoms with van der Waals surface area (Å²) in [5.41, 5.74) is -0.341. The van der Waals surface area contributed by atoms with E-state index >= 15 is 0 Å². The first-order chi connectivity index (χ1) is 10.8. The molecule has 0 aliphatic heterocycles. The van der Waals surface area contributed by atoms with Gasteiger partial charge in [0.1, 0.15) is 5.69 Å². The van der Waals surface area contributed by atoms with E-state index in [-0.39, 0.29) is 11.3 Å². The molecule has 1 N–H and O–H groups in total. The van der Waals surface area contributed by atoms with Crippen LogP contribution in [-0.2, 0) is 6.18 Å². The summed E-state index contributed by atoms with van der Waals surface area (Å²) in [7, 11) is 1.11. The molecule has 0 fully saturated rings. The number of hydrogen-bond acceptors (Lipinski definition) is 2. The van der Waals surface area contributed by atoms with Crippen molar-refractivity contribution in [1.29, 1.82) is 0 Å². The molecule has 0 radical (unpaired) electrons. The molecule has 8 heteroatoms. The first-order valence-corrected chi connectivity index (χ1v) is 7.19. The van der Waals surface area contributed by atoms with Crippen molar-refractivity contribution in [3.8, 4) is 17.0 Å². The molecule has 2 aromatic carbocycles. The highest BCUT2D eigenvalue weighted by atomic mass is 79.9. The Morgan fingerprint density at radius 2 is 1.91 bits per heavy atom. The summed E-state index contributed by atoms with van der Waals surface area (Å²) in [6.45, 7) is 0. The Kier molecular flexibility index (Phi) is 3.79. The Labute approximate surface area is 136 Å². The van der Waals surface area contributed by atoms with Crippen LogP contribution in [0.25, 0.3) is 22.2 Å². The van der Waals surface area contributed by atoms with Crippen LogP contribution in [0.3, 0.4) is 0 Å². The molecule has 0 bridgehead atoms. The van der Waals surface area contributed by atoms with Crippen LogP contribution < -0.4 is 4.74 Å². The van der Waals surface area contributed by atoms with Crippen molar-refractivity contribution >= 4 is 26.8 Å². The van der Waals surface area contributed by atoms with Crippen molar-refractivity contribution < 1.29 is 22.3 Å². The van der Waals surface area contributed by atoms with Gasteiger partial charge in [-0.25, -0.2) is 4.39 Å². The Bertz CT molecular complexity index is 889. The van der Waals surface area contributed by atoms with Crippen LogP contribution in [0.2, 0.25) is 0 Å². The average molecular weight is 389 g/mol. The van der Waals surface area contributed by atoms with Gasteiger partial charge in [0.05, 0.1) is 18.2 Å². The Hall–Kier alpha value is -2.09. The maximum Gasteiger partial charge on any atom is 0.419 e. The Morgan fingerprint density at radius 3 is 2.57 bits per heavy atom. The minimum atomic E-state index is -4.83. The van der Waals surface area contributed by atoms with Crippen LogP contribution in [0.1, 0.15) is 5.56 Å². The molecule has 0 spiro atoms. The first kappa shape index (κ1) is 15.8. The van der Waals surface area contributed by atoms with Gasteiger partial charge in [0, 0.05) is 15.4 Å². The van der Waals surface area contributed by atoms with Crippen molar-refractivity contribution in [1.82, 2.24) is 10.2 Å². The number of hydrogen-bond donors (Lipinski definition) is 1. The zero-order valence-corrected chi connectivity index (χ0v) is 13.2. The van der Waals surface area contributed by atoms with E-state index in [4.69, 9.17) is 4.74 Å². The van der Waals surface area contributed by atoms with E-state index in [0.29, 0.717) is 10.9 Å². The standard InChI is InChI=1S/C15H9BrF4N2O/c1-23-12-5-7(4-10(13(12)17)15(18,19)20)14-9-3-2-8(16)6-11(9)21-22-14/h2-6H,1H3,(H,21,22). The van der Waals surface area contributed by atoms with Crippen LogP contribution in [-0.4, -0.2) is 17.3 Å². The van der Waals surface area contributed by atoms with Gasteiger partial charge >= 0.3 is 6.18 Å². The van der Waals surface area contributed by atoms with E-state index in [2.05, 4.69) is 26.1 Å². The zero-order valence-electron chi connectivity index (χ0n) is 11.6. The van der Waals surface area contributed by atoms with E-state index in [1.807, 2.05) is 0 Å². The monoisotopic (exact) mass is 388 g/mol. The van der Waals surface area contributed by atoms with E-state index < -0.39 is 23.3 Å². The Balaban J connectivity index is 2.26. The molecule has 23 heavy (non-hydrogen) atoms. The molecule has 3 rings (SSSR count). The Morgan fingerprint density at radius 1 is 1.17 bits per heavy atom. The average Bonchev–Trinajstić information content (AvgIpc) is 2.89. The number of methoxy groups -OCH3 is 1. The second-order valence-corrected chi connectivity index (χ2v) is 5.72. The number of benzene rings is 2. The number of aromatic amines is 1. The lowest BCUT2D eigenvalue weighted by molar-refractivity contribution is -0.140. The molecular weight excluding hydrogens is 380 g/mol. The molecule has 120 valence electrons. The SMILES string of the molecule is COc1cc(-c2n[nH]c3cc(Br)ccc23)cc(C(F)(F)F)c1F. The van der Waals surface area contributed by atoms with Crippen LogP contribution in [0.5, 0.6) is 5.75 Å². The molecule has 1 heterocycles. The summed E-state index contributed by atoms with van der Waals surface area (Å²) in [5.74, 6) is -1.92. The number of nitrogens with one attached hydrogen (secondary N) is 1. The number of alkyl halides is 3. The predicted octanol–water partition coefficient (Wildman–Crippen LogP) is 5.16. The predicted molar refractivity (Wildman–Crippen MR) is 80.7 cm³/mol. The first-order valence-electron chi connectivity index (χ1n) is 6.40. The minimum absolute atomic E-state index is 0.115. The van der Waals surface area contributed by atoms with Crippen molar-refractivity contribution in [3.63, 3.8) is 0 Å². The second kappa shape index (κ2) is 5.52. The number of halogens is 5. The molecule has 0 saturated carbocycles. The van der Waals surface area contributed by atoms with E-state index in [0.717, 1.165) is 17.6 Å². The van der Waals surface area contributed by atoms with Gasteiger partial charge in [-0.1, -0.05) is 15.9 Å². The third-order valence-corrected chi connectivity index (χ3v) is 3.86. The highest BCUT2D eigenvalue weighted by Crippen LogP contribution is 2.39. The molecule has 3 aromatic rings. The van der Waals surface area contributed by atoms with Crippen LogP contribution in [0.4, 0.5) is 17.6 Å². The van der Waals surface area contributed by atoms with Gasteiger partial charge in [-0.05, 0) is 30.3 Å². The fraction of sp³-hybridized carbons (Fsp3) is 0.133. The van der Waals surface area contributed by atoms with E-state index in [1.54, 1.807) is 18.2 Å². The van der Waals surface area contributed by atoms with Crippen LogP contribution in [0.15, 0.2) is 34.8 Å². The summed E-state index contributed by atoms with van der Waals surface area (Å²) in [5, 5.41) is 7.41. The van der Waals surface area contributed by atoms with Crippen LogP contribution in [0, 0.1) is 5.82 Å². The smallest absolute Gasteiger partial charge is 0.419 e. The van der Waals surface area contributed by atoms with Crippen LogP contribution >= 0.6 is 15.9 Å². The molecule has 0 aliphatic carbocycles. The second-order valence-electron chi connectivity index (χ2n) is 4.80. The van der Waals surface area contributed by atoms with Gasteiger partial charge in [0.2, 0.25) is 0 Å². The summed E-state index contributed by atoms with van der Waals surface area (Å²) in [6.07, 6.45) is -4.83. The van der Waals surface area contributed by atoms with Gasteiger partial charge in [-0.15, -0.1) is 0 Å². The van der Waals surface area contributed by atoms with E-state index in [1.165, 1.54) is 6.07 Å². The number of ether oxygens (including phenoxy) is 1. The van der Waals surface area contributed by atoms with E-state index in [9.17, 15) is 17.6 Å². The molecule has 1 aromatic heterocycles. The number of aromatic nitrogens is 2. The fourth-order valence-electron chi connectivity index (χ4n) is 2.30. The fourth-order valence-corrected chi connectivity index (χ4v) is 2.66. The van der Waals surface area contributed by atoms with Gasteiger partial charge in [-0.3, -0.25) is 5.10 Å². The molecule has 0 aliphatic rings. The highest BCUT2D eigenvalue weighted by Gasteiger charge is 2.36. The summed E-state index contributed by atoms with van der Waals surface area (Å²) < 4.78 is 58.5. The lowest BCUT2D eigenvalue weighted by atomic mass is 10.0. The topological polar surface area (TPSA) is 37.9 Å². The van der Waals surface area contributed by atoms with Crippen molar-refractivity contribution in [3.05, 3.63) is 46.2 Å². The summed E-state index contributed by atoms with van der Waals surface area (Å²) >= 11 is 3.30. The number of nitrogens with zero attached hydrogens (tertiary/aromatic N) is 1. The highest BCUT2D eigenvalue weighted by molar-refractivity contribution is 9.10. The number of rotatable bonds is 2. The number of fused-ring (bicyclic) bond motifs is 1. The molecule has 3 nitrogen and oxygen atoms in total. The normalized spacial score (nSPS) is 11.9. The van der Waals surface area contributed by atoms with Gasteiger partial charge < -0.3 is 4.74 Å². The third-order valence-electron chi connectivity index (χ3n) is 3.36. The van der Waals surface area contributed by atoms with Gasteiger partial charge in [-0.2, -0.15) is 18.3 Å². The quantitative estimate of drug-likeness (QED) is 0.615. The molecular formula is C15H9BrF4N2O. The zero-order chi connectivity index (χ0) is 16.8. The van der Waals surface area contributed by atoms with Gasteiger partial charge in [0.25, 0.3) is 0 Å². The summed E-state index contributed by atoms with van der Waals surface area (Å²) in [6, 6.07) is 7.13. The number of H-pyrrole nitrogens is 1.